The van der Waals surface area contributed by atoms with Crippen LogP contribution in [0, 0.1) is 0 Å². The number of rotatable bonds is 34. The first-order valence-corrected chi connectivity index (χ1v) is 46.3. The standard InChI is InChI=1S/C35H42O9Si.C28H36O9Si.C22H28O5Si.C10H12O3/c1-24(31(36)40-23-28-17-11-8-12-18-28)41-32(37)25(2)42-33(38)26(3)43-34(39)27(4)44-45(35(5,6)7,29-19-13-9-14-20-29)30-21-15-10-16-22-30;1-18(24(29)30)34-25(31)19(2)35-26(32)20(3)36-27(33)21(4)37-38(28(5,6)7,22-14-10-8-11-15-22)23-16-12-9-13-17-23;1-16(20(23)24)26-21(25)17(2)27-28(22(3,4)5,18-12-8-6-9-13-18)19-14-10-7-11-15-19;1-8(11)10(12)13-7-9-5-3-2-4-6-9/h8-22,24-27H,23H2,1-7H3;8-21H,1-7H3,(H,29,30);6-17H,1-5H3,(H,23,24);2-6,8,11H,7H2,1H3/t24-,25-,26-,27+;18-,19-,20-,21+;16-,17+;8-/m1110/s1. The molecule has 0 spiro atoms. The lowest BCUT2D eigenvalue weighted by Gasteiger charge is -2.44. The van der Waals surface area contributed by atoms with E-state index >= 15 is 0 Å². The van der Waals surface area contributed by atoms with Gasteiger partial charge in [-0.2, -0.15) is 0 Å². The molecule has 0 aliphatic heterocycles. The Kier molecular flexibility index (Phi) is 39.8. The molecule has 0 aliphatic carbocycles. The molecule has 666 valence electrons. The number of carboxylic acids is 2. The maximum absolute atomic E-state index is 13.3. The molecular formula is C95H118O26Si3. The van der Waals surface area contributed by atoms with Crippen LogP contribution in [0.1, 0.15) is 150 Å². The molecule has 0 fully saturated rings. The molecule has 0 unspecified atom stereocenters. The van der Waals surface area contributed by atoms with E-state index in [1.807, 2.05) is 231 Å². The smallest absolute Gasteiger partial charge is 0.347 e. The third-order valence-corrected chi connectivity index (χ3v) is 34.8. The summed E-state index contributed by atoms with van der Waals surface area (Å²) < 4.78 is 65.9. The van der Waals surface area contributed by atoms with Crippen LogP contribution >= 0.6 is 0 Å². The van der Waals surface area contributed by atoms with Crippen LogP contribution in [0.4, 0.5) is 0 Å². The van der Waals surface area contributed by atoms with Crippen molar-refractivity contribution in [1.82, 2.24) is 0 Å². The van der Waals surface area contributed by atoms with Gasteiger partial charge in [0.1, 0.15) is 37.6 Å². The van der Waals surface area contributed by atoms with E-state index in [0.29, 0.717) is 0 Å². The van der Waals surface area contributed by atoms with E-state index in [1.54, 1.807) is 32.9 Å². The number of ether oxygens (including phenoxy) is 9. The van der Waals surface area contributed by atoms with Crippen molar-refractivity contribution >= 4 is 122 Å². The van der Waals surface area contributed by atoms with Gasteiger partial charge in [0.2, 0.25) is 0 Å². The number of hydrogen-bond donors (Lipinski definition) is 3. The highest BCUT2D eigenvalue weighted by molar-refractivity contribution is 7.01. The van der Waals surface area contributed by atoms with Crippen molar-refractivity contribution in [2.24, 2.45) is 0 Å². The first-order chi connectivity index (χ1) is 58.2. The van der Waals surface area contributed by atoms with Crippen molar-refractivity contribution in [1.29, 1.82) is 0 Å². The van der Waals surface area contributed by atoms with Gasteiger partial charge in [0.25, 0.3) is 25.0 Å². The lowest BCUT2D eigenvalue weighted by atomic mass is 10.2. The number of carboxylic acid groups (broad SMARTS) is 2. The molecule has 29 heteroatoms. The zero-order chi connectivity index (χ0) is 92.5. The first-order valence-electron chi connectivity index (χ1n) is 40.6. The molecule has 0 saturated heterocycles. The van der Waals surface area contributed by atoms with Crippen LogP contribution in [-0.4, -0.2) is 173 Å². The molecule has 0 radical (unpaired) electrons. The molecule has 0 saturated carbocycles. The summed E-state index contributed by atoms with van der Waals surface area (Å²) in [4.78, 5) is 134. The van der Waals surface area contributed by atoms with Crippen LogP contribution in [0.3, 0.4) is 0 Å². The van der Waals surface area contributed by atoms with Crippen molar-refractivity contribution in [3.63, 3.8) is 0 Å². The fraction of sp³-hybridized carbons (Fsp3) is 0.379. The minimum absolute atomic E-state index is 0.0210. The van der Waals surface area contributed by atoms with E-state index in [1.165, 1.54) is 55.4 Å². The molecule has 0 heterocycles. The van der Waals surface area contributed by atoms with Crippen LogP contribution in [0.5, 0.6) is 0 Å². The van der Waals surface area contributed by atoms with Gasteiger partial charge >= 0.3 is 65.7 Å². The number of aliphatic carboxylic acids is 2. The van der Waals surface area contributed by atoms with Crippen molar-refractivity contribution in [2.45, 2.75) is 234 Å². The Morgan fingerprint density at radius 1 is 0.242 bits per heavy atom. The third kappa shape index (κ3) is 29.3. The second kappa shape index (κ2) is 47.9. The van der Waals surface area contributed by atoms with Crippen LogP contribution in [0.15, 0.2) is 243 Å². The maximum atomic E-state index is 13.3. The number of esters is 9. The number of aliphatic hydroxyl groups excluding tert-OH is 1. The Morgan fingerprint density at radius 2 is 0.403 bits per heavy atom. The molecule has 26 nitrogen and oxygen atoms in total. The van der Waals surface area contributed by atoms with E-state index < -0.39 is 158 Å². The van der Waals surface area contributed by atoms with E-state index in [0.717, 1.165) is 42.2 Å². The molecule has 0 aromatic heterocycles. The lowest BCUT2D eigenvalue weighted by molar-refractivity contribution is -0.183. The minimum Gasteiger partial charge on any atom is -0.479 e. The number of benzene rings is 8. The second-order valence-electron chi connectivity index (χ2n) is 32.4. The molecule has 124 heavy (non-hydrogen) atoms. The van der Waals surface area contributed by atoms with Gasteiger partial charge in [0.15, 0.2) is 42.7 Å². The Morgan fingerprint density at radius 3 is 0.581 bits per heavy atom. The third-order valence-electron chi connectivity index (χ3n) is 19.5. The van der Waals surface area contributed by atoms with Gasteiger partial charge in [0, 0.05) is 0 Å². The number of hydrogen-bond acceptors (Lipinski definition) is 24. The zero-order valence-electron chi connectivity index (χ0n) is 74.1. The Balaban J connectivity index is 0.000000313. The van der Waals surface area contributed by atoms with Crippen molar-refractivity contribution < 1.29 is 124 Å². The van der Waals surface area contributed by atoms with Gasteiger partial charge in [-0.15, -0.1) is 0 Å². The summed E-state index contributed by atoms with van der Waals surface area (Å²) in [5.41, 5.74) is 1.69. The summed E-state index contributed by atoms with van der Waals surface area (Å²) >= 11 is 0. The van der Waals surface area contributed by atoms with Gasteiger partial charge < -0.3 is 71.2 Å². The minimum atomic E-state index is -3.06. The fourth-order valence-corrected chi connectivity index (χ4v) is 26.9. The zero-order valence-corrected chi connectivity index (χ0v) is 77.1. The Bertz CT molecular complexity index is 4600. The molecule has 3 N–H and O–H groups in total. The van der Waals surface area contributed by atoms with E-state index in [4.69, 9.17) is 71.2 Å². The van der Waals surface area contributed by atoms with E-state index in [2.05, 4.69) is 62.3 Å². The average molecular weight is 1760 g/mol. The predicted molar refractivity (Wildman–Crippen MR) is 473 cm³/mol. The quantitative estimate of drug-likeness (QED) is 0.0192. The molecule has 0 amide bonds. The number of carbonyl (C=O) groups excluding carboxylic acids is 9. The monoisotopic (exact) mass is 1760 g/mol. The predicted octanol–water partition coefficient (Wildman–Crippen LogP) is 11.4. The highest BCUT2D eigenvalue weighted by Crippen LogP contribution is 2.41. The summed E-state index contributed by atoms with van der Waals surface area (Å²) in [7, 11) is -9.01. The molecule has 8 aromatic carbocycles. The summed E-state index contributed by atoms with van der Waals surface area (Å²) in [5, 5.41) is 31.7. The fourth-order valence-electron chi connectivity index (χ4n) is 12.9. The topological polar surface area (TPSA) is 359 Å². The van der Waals surface area contributed by atoms with Gasteiger partial charge in [0.05, 0.1) is 0 Å². The molecule has 8 aromatic rings. The Labute approximate surface area is 729 Å². The van der Waals surface area contributed by atoms with Gasteiger partial charge in [-0.3, -0.25) is 0 Å². The average Bonchev–Trinajstić information content (AvgIpc) is 0.753. The number of aliphatic hydroxyl groups is 1. The van der Waals surface area contributed by atoms with E-state index in [-0.39, 0.29) is 28.3 Å². The molecular weight excluding hydrogens is 1640 g/mol. The van der Waals surface area contributed by atoms with Crippen molar-refractivity contribution in [3.8, 4) is 0 Å². The summed E-state index contributed by atoms with van der Waals surface area (Å²) in [6.45, 7) is 34.3. The maximum Gasteiger partial charge on any atom is 0.347 e. The first kappa shape index (κ1) is 103. The summed E-state index contributed by atoms with van der Waals surface area (Å²) in [6.07, 6.45) is -13.3. The van der Waals surface area contributed by atoms with Crippen LogP contribution in [0.2, 0.25) is 15.1 Å². The summed E-state index contributed by atoms with van der Waals surface area (Å²) in [5.74, 6) is -9.98. The SMILES string of the molecule is C[C@H](O)C(=O)OCc1ccccc1.C[C@H](O[Si](c1ccccc1)(c1ccccc1)C(C)(C)C)C(=O)O[C@H](C)C(=O)O.C[C@H](O[Si](c1ccccc1)(c1ccccc1)C(C)(C)C)C(=O)O[C@H](C)C(=O)O[C@H](C)C(=O)O[C@H](C)C(=O)O.C[C@H](O[Si](c1ccccc1)(c1ccccc1)C(C)(C)C)C(=O)O[C@H](C)C(=O)O[C@H](C)C(=O)O[C@H](C)C(=O)OCc1ccccc1. The highest BCUT2D eigenvalue weighted by atomic mass is 28.4. The normalized spacial score (nSPS) is 14.2. The van der Waals surface area contributed by atoms with Gasteiger partial charge in [-0.05, 0) is 134 Å². The van der Waals surface area contributed by atoms with Gasteiger partial charge in [-0.25, -0.2) is 52.7 Å². The van der Waals surface area contributed by atoms with Crippen molar-refractivity contribution in [3.05, 3.63) is 254 Å². The van der Waals surface area contributed by atoms with Crippen LogP contribution in [0.25, 0.3) is 0 Å². The van der Waals surface area contributed by atoms with Crippen molar-refractivity contribution in [2.75, 3.05) is 0 Å². The second-order valence-corrected chi connectivity index (χ2v) is 45.1. The van der Waals surface area contributed by atoms with Gasteiger partial charge in [-0.1, -0.05) is 305 Å². The molecule has 8 rings (SSSR count). The molecule has 11 atom stereocenters. The number of carbonyl (C=O) groups is 11. The van der Waals surface area contributed by atoms with Crippen LogP contribution in [-0.2, 0) is 122 Å². The molecule has 0 bridgehead atoms. The van der Waals surface area contributed by atoms with Crippen LogP contribution < -0.4 is 31.1 Å². The Hall–Kier alpha value is -11.6. The lowest BCUT2D eigenvalue weighted by Crippen LogP contribution is -2.68. The largest absolute Gasteiger partial charge is 0.479 e. The van der Waals surface area contributed by atoms with E-state index in [9.17, 15) is 52.7 Å². The summed E-state index contributed by atoms with van der Waals surface area (Å²) in [6, 6.07) is 77.4. The highest BCUT2D eigenvalue weighted by Gasteiger charge is 2.55. The molecule has 0 aliphatic rings.